The van der Waals surface area contributed by atoms with Gasteiger partial charge in [0.15, 0.2) is 0 Å². The number of hydrogen-bond acceptors (Lipinski definition) is 3. The standard InChI is InChI=1S/C16H22O3S/c1-10-6-12(7-11(2)15(10)19-3)16(17)8-13-4-5-14(9-16)20(13)18/h6-7,13-14,17H,4-5,8-9H2,1-3H3. The minimum Gasteiger partial charge on any atom is -0.496 e. The molecule has 2 aliphatic rings. The second-order valence-corrected chi connectivity index (χ2v) is 8.22. The Morgan fingerprint density at radius 2 is 1.70 bits per heavy atom. The summed E-state index contributed by atoms with van der Waals surface area (Å²) >= 11 is 0. The summed E-state index contributed by atoms with van der Waals surface area (Å²) < 4.78 is 17.5. The molecule has 110 valence electrons. The third-order valence-electron chi connectivity index (χ3n) is 4.80. The van der Waals surface area contributed by atoms with Gasteiger partial charge in [-0.05, 0) is 68.4 Å². The van der Waals surface area contributed by atoms with Crippen molar-refractivity contribution in [2.24, 2.45) is 0 Å². The molecule has 3 nitrogen and oxygen atoms in total. The summed E-state index contributed by atoms with van der Waals surface area (Å²) in [6.45, 7) is 4.02. The fraction of sp³-hybridized carbons (Fsp3) is 0.625. The first-order valence-electron chi connectivity index (χ1n) is 7.22. The van der Waals surface area contributed by atoms with Gasteiger partial charge in [0.1, 0.15) is 5.75 Å². The lowest BCUT2D eigenvalue weighted by Gasteiger charge is -2.36. The zero-order valence-corrected chi connectivity index (χ0v) is 13.1. The van der Waals surface area contributed by atoms with E-state index in [-0.39, 0.29) is 10.5 Å². The normalized spacial score (nSPS) is 36.1. The Balaban J connectivity index is 1.99. The highest BCUT2D eigenvalue weighted by atomic mass is 32.2. The molecule has 1 aromatic carbocycles. The fourth-order valence-corrected chi connectivity index (χ4v) is 6.02. The molecule has 0 saturated carbocycles. The second kappa shape index (κ2) is 4.85. The molecule has 0 amide bonds. The Kier molecular flexibility index (Phi) is 3.41. The van der Waals surface area contributed by atoms with Crippen molar-refractivity contribution in [1.29, 1.82) is 0 Å². The molecule has 20 heavy (non-hydrogen) atoms. The Morgan fingerprint density at radius 3 is 2.15 bits per heavy atom. The molecular formula is C16H22O3S. The van der Waals surface area contributed by atoms with Crippen molar-refractivity contribution < 1.29 is 14.1 Å². The average molecular weight is 294 g/mol. The van der Waals surface area contributed by atoms with Crippen molar-refractivity contribution in [3.8, 4) is 5.75 Å². The molecule has 2 atom stereocenters. The smallest absolute Gasteiger partial charge is 0.124 e. The molecule has 2 fully saturated rings. The summed E-state index contributed by atoms with van der Waals surface area (Å²) in [5.41, 5.74) is 2.24. The topological polar surface area (TPSA) is 46.5 Å². The molecule has 0 radical (unpaired) electrons. The van der Waals surface area contributed by atoms with Crippen LogP contribution in [0.3, 0.4) is 0 Å². The van der Waals surface area contributed by atoms with Crippen molar-refractivity contribution in [3.63, 3.8) is 0 Å². The molecule has 1 N–H and O–H groups in total. The van der Waals surface area contributed by atoms with Gasteiger partial charge in [0, 0.05) is 21.3 Å². The zero-order valence-electron chi connectivity index (χ0n) is 12.3. The van der Waals surface area contributed by atoms with Gasteiger partial charge in [-0.2, -0.15) is 0 Å². The van der Waals surface area contributed by atoms with Crippen LogP contribution in [0.4, 0.5) is 0 Å². The van der Waals surface area contributed by atoms with Gasteiger partial charge in [-0.25, -0.2) is 0 Å². The molecule has 0 spiro atoms. The van der Waals surface area contributed by atoms with Gasteiger partial charge >= 0.3 is 0 Å². The van der Waals surface area contributed by atoms with Crippen LogP contribution in [0, 0.1) is 13.8 Å². The van der Waals surface area contributed by atoms with Crippen LogP contribution in [0.2, 0.25) is 0 Å². The summed E-state index contributed by atoms with van der Waals surface area (Å²) in [5, 5.41) is 11.4. The molecule has 2 saturated heterocycles. The van der Waals surface area contributed by atoms with Gasteiger partial charge in [-0.3, -0.25) is 4.21 Å². The van der Waals surface area contributed by atoms with E-state index in [1.165, 1.54) is 0 Å². The Labute approximate surface area is 122 Å². The highest BCUT2D eigenvalue weighted by Gasteiger charge is 2.48. The van der Waals surface area contributed by atoms with Crippen LogP contribution in [0.25, 0.3) is 0 Å². The molecule has 0 aromatic heterocycles. The molecule has 0 aliphatic carbocycles. The van der Waals surface area contributed by atoms with Crippen molar-refractivity contribution >= 4 is 10.8 Å². The van der Waals surface area contributed by atoms with E-state index in [1.807, 2.05) is 26.0 Å². The zero-order chi connectivity index (χ0) is 14.5. The summed E-state index contributed by atoms with van der Waals surface area (Å²) in [7, 11) is 0.934. The number of aliphatic hydroxyl groups is 1. The Morgan fingerprint density at radius 1 is 1.20 bits per heavy atom. The van der Waals surface area contributed by atoms with E-state index in [4.69, 9.17) is 4.74 Å². The maximum Gasteiger partial charge on any atom is 0.124 e. The van der Waals surface area contributed by atoms with Gasteiger partial charge < -0.3 is 9.84 Å². The maximum atomic E-state index is 12.1. The Bertz CT molecular complexity index is 528. The molecule has 3 rings (SSSR count). The first-order chi connectivity index (χ1) is 9.44. The minimum atomic E-state index is -0.818. The van der Waals surface area contributed by atoms with E-state index in [9.17, 15) is 9.32 Å². The van der Waals surface area contributed by atoms with Crippen LogP contribution < -0.4 is 4.74 Å². The minimum absolute atomic E-state index is 0.168. The predicted molar refractivity (Wildman–Crippen MR) is 80.6 cm³/mol. The van der Waals surface area contributed by atoms with E-state index < -0.39 is 16.4 Å². The summed E-state index contributed by atoms with van der Waals surface area (Å²) in [4.78, 5) is 0. The van der Waals surface area contributed by atoms with Gasteiger partial charge in [-0.1, -0.05) is 0 Å². The van der Waals surface area contributed by atoms with Crippen LogP contribution in [0.15, 0.2) is 12.1 Å². The van der Waals surface area contributed by atoms with E-state index in [2.05, 4.69) is 0 Å². The van der Waals surface area contributed by atoms with Crippen LogP contribution in [0.1, 0.15) is 42.4 Å². The van der Waals surface area contributed by atoms with Gasteiger partial charge in [0.05, 0.1) is 12.7 Å². The van der Waals surface area contributed by atoms with E-state index in [0.29, 0.717) is 12.8 Å². The first kappa shape index (κ1) is 14.1. The molecule has 2 aliphatic heterocycles. The van der Waals surface area contributed by atoms with Gasteiger partial charge in [-0.15, -0.1) is 0 Å². The van der Waals surface area contributed by atoms with Crippen molar-refractivity contribution in [2.75, 3.05) is 7.11 Å². The molecule has 2 unspecified atom stereocenters. The van der Waals surface area contributed by atoms with E-state index in [0.717, 1.165) is 35.3 Å². The highest BCUT2D eigenvalue weighted by Crippen LogP contribution is 2.46. The lowest BCUT2D eigenvalue weighted by Crippen LogP contribution is -2.40. The third kappa shape index (κ3) is 2.09. The number of hydrogen-bond donors (Lipinski definition) is 1. The molecule has 2 heterocycles. The van der Waals surface area contributed by atoms with Crippen LogP contribution in [-0.2, 0) is 16.4 Å². The number of rotatable bonds is 2. The number of ether oxygens (including phenoxy) is 1. The summed E-state index contributed by atoms with van der Waals surface area (Å²) in [6.07, 6.45) is 3.24. The quantitative estimate of drug-likeness (QED) is 0.912. The molecular weight excluding hydrogens is 272 g/mol. The van der Waals surface area contributed by atoms with Crippen molar-refractivity contribution in [3.05, 3.63) is 28.8 Å². The number of methoxy groups -OCH3 is 1. The lowest BCUT2D eigenvalue weighted by molar-refractivity contribution is 0.0183. The van der Waals surface area contributed by atoms with E-state index in [1.54, 1.807) is 7.11 Å². The largest absolute Gasteiger partial charge is 0.496 e. The number of fused-ring (bicyclic) bond motifs is 2. The predicted octanol–water partition coefficient (Wildman–Crippen LogP) is 2.57. The Hall–Kier alpha value is -0.870. The molecule has 2 bridgehead atoms. The SMILES string of the molecule is COc1c(C)cc(C2(O)CC3CCC(C2)S3=O)cc1C. The number of aryl methyl sites for hydroxylation is 2. The second-order valence-electron chi connectivity index (χ2n) is 6.23. The molecule has 4 heteroatoms. The average Bonchev–Trinajstić information content (AvgIpc) is 2.62. The third-order valence-corrected chi connectivity index (χ3v) is 6.92. The summed E-state index contributed by atoms with van der Waals surface area (Å²) in [6, 6.07) is 4.05. The van der Waals surface area contributed by atoms with Crippen LogP contribution in [0.5, 0.6) is 5.75 Å². The van der Waals surface area contributed by atoms with E-state index >= 15 is 0 Å². The first-order valence-corrected chi connectivity index (χ1v) is 8.49. The summed E-state index contributed by atoms with van der Waals surface area (Å²) in [5.74, 6) is 0.889. The lowest BCUT2D eigenvalue weighted by atomic mass is 9.84. The van der Waals surface area contributed by atoms with Crippen LogP contribution >= 0.6 is 0 Å². The van der Waals surface area contributed by atoms with Crippen molar-refractivity contribution in [2.45, 2.75) is 55.6 Å². The molecule has 1 aromatic rings. The maximum absolute atomic E-state index is 12.1. The number of benzene rings is 1. The van der Waals surface area contributed by atoms with Gasteiger partial charge in [0.2, 0.25) is 0 Å². The van der Waals surface area contributed by atoms with Gasteiger partial charge in [0.25, 0.3) is 0 Å². The highest BCUT2D eigenvalue weighted by molar-refractivity contribution is 7.86. The monoisotopic (exact) mass is 294 g/mol. The van der Waals surface area contributed by atoms with Crippen molar-refractivity contribution in [1.82, 2.24) is 0 Å². The van der Waals surface area contributed by atoms with Crippen LogP contribution in [-0.4, -0.2) is 26.9 Å². The fourth-order valence-electron chi connectivity index (χ4n) is 3.86.